The number of benzene rings is 1. The van der Waals surface area contributed by atoms with Crippen LogP contribution in [0.2, 0.25) is 0 Å². The van der Waals surface area contributed by atoms with Crippen molar-refractivity contribution in [3.8, 4) is 0 Å². The van der Waals surface area contributed by atoms with E-state index in [0.29, 0.717) is 30.1 Å². The number of aryl methyl sites for hydroxylation is 1. The van der Waals surface area contributed by atoms with Crippen molar-refractivity contribution in [2.75, 3.05) is 13.2 Å². The third-order valence-electron chi connectivity index (χ3n) is 3.09. The van der Waals surface area contributed by atoms with Gasteiger partial charge in [-0.2, -0.15) is 0 Å². The molecule has 0 aliphatic rings. The van der Waals surface area contributed by atoms with E-state index in [9.17, 15) is 9.59 Å². The average molecular weight is 304 g/mol. The van der Waals surface area contributed by atoms with Crippen LogP contribution in [0.5, 0.6) is 0 Å². The van der Waals surface area contributed by atoms with Gasteiger partial charge in [-0.05, 0) is 31.0 Å². The number of esters is 1. The smallest absolute Gasteiger partial charge is 0.338 e. The van der Waals surface area contributed by atoms with E-state index in [0.717, 1.165) is 5.52 Å². The van der Waals surface area contributed by atoms with E-state index >= 15 is 0 Å². The van der Waals surface area contributed by atoms with Crippen molar-refractivity contribution in [3.63, 3.8) is 0 Å². The molecule has 0 saturated heterocycles. The Kier molecular flexibility index (Phi) is 5.08. The molecule has 1 N–H and O–H groups in total. The van der Waals surface area contributed by atoms with Crippen molar-refractivity contribution in [1.29, 1.82) is 0 Å². The van der Waals surface area contributed by atoms with Crippen LogP contribution in [0.4, 0.5) is 0 Å². The highest BCUT2D eigenvalue weighted by Gasteiger charge is 2.12. The number of hydrogen-bond acceptors (Lipinski definition) is 5. The summed E-state index contributed by atoms with van der Waals surface area (Å²) in [6.07, 6.45) is 0. The van der Waals surface area contributed by atoms with Crippen molar-refractivity contribution < 1.29 is 14.3 Å². The van der Waals surface area contributed by atoms with Gasteiger partial charge in [-0.25, -0.2) is 9.48 Å². The molecule has 1 amide bonds. The van der Waals surface area contributed by atoms with E-state index in [2.05, 4.69) is 15.6 Å². The van der Waals surface area contributed by atoms with Gasteiger partial charge in [0.25, 0.3) is 5.91 Å². The van der Waals surface area contributed by atoms with Gasteiger partial charge in [0, 0.05) is 13.1 Å². The second-order valence-corrected chi connectivity index (χ2v) is 5.38. The summed E-state index contributed by atoms with van der Waals surface area (Å²) in [6.45, 7) is 6.92. The number of carbonyl (C=O) groups excluding carboxylic acids is 2. The van der Waals surface area contributed by atoms with E-state index < -0.39 is 5.97 Å². The highest BCUT2D eigenvalue weighted by atomic mass is 16.5. The zero-order valence-corrected chi connectivity index (χ0v) is 13.0. The molecule has 0 saturated carbocycles. The monoisotopic (exact) mass is 304 g/mol. The Bertz CT molecular complexity index is 678. The molecule has 7 nitrogen and oxygen atoms in total. The average Bonchev–Trinajstić information content (AvgIpc) is 2.92. The fraction of sp³-hybridized carbons (Fsp3) is 0.467. The molecule has 1 aromatic heterocycles. The summed E-state index contributed by atoms with van der Waals surface area (Å²) in [5.74, 6) is -0.504. The second-order valence-electron chi connectivity index (χ2n) is 5.38. The molecule has 0 unspecified atom stereocenters. The Labute approximate surface area is 128 Å². The summed E-state index contributed by atoms with van der Waals surface area (Å²) in [7, 11) is 0. The van der Waals surface area contributed by atoms with Gasteiger partial charge in [-0.15, -0.1) is 5.10 Å². The molecule has 0 bridgehead atoms. The van der Waals surface area contributed by atoms with Gasteiger partial charge in [-0.3, -0.25) is 4.79 Å². The molecule has 0 aliphatic heterocycles. The van der Waals surface area contributed by atoms with E-state index in [1.165, 1.54) is 0 Å². The van der Waals surface area contributed by atoms with Crippen LogP contribution < -0.4 is 5.32 Å². The molecular weight excluding hydrogens is 284 g/mol. The first-order valence-electron chi connectivity index (χ1n) is 7.28. The summed E-state index contributed by atoms with van der Waals surface area (Å²) >= 11 is 0. The molecule has 7 heteroatoms. The maximum absolute atomic E-state index is 12.0. The van der Waals surface area contributed by atoms with Crippen LogP contribution in [0.1, 0.15) is 31.1 Å². The minimum atomic E-state index is -0.548. The van der Waals surface area contributed by atoms with E-state index in [4.69, 9.17) is 4.74 Å². The summed E-state index contributed by atoms with van der Waals surface area (Å²) < 4.78 is 6.74. The standard InChI is InChI=1S/C15H20N4O3/c1-4-19-13-6-5-11(7-12(13)17-18-19)15(21)22-9-14(20)16-8-10(2)3/h5-7,10H,4,8-9H2,1-3H3,(H,16,20). The first kappa shape index (κ1) is 15.9. The van der Waals surface area contributed by atoms with Crippen molar-refractivity contribution in [2.24, 2.45) is 5.92 Å². The molecule has 0 radical (unpaired) electrons. The van der Waals surface area contributed by atoms with Crippen molar-refractivity contribution in [3.05, 3.63) is 23.8 Å². The zero-order valence-electron chi connectivity index (χ0n) is 13.0. The van der Waals surface area contributed by atoms with E-state index in [-0.39, 0.29) is 12.5 Å². The van der Waals surface area contributed by atoms with Crippen LogP contribution in [0, 0.1) is 5.92 Å². The zero-order chi connectivity index (χ0) is 16.1. The van der Waals surface area contributed by atoms with Crippen molar-refractivity contribution in [1.82, 2.24) is 20.3 Å². The SMILES string of the molecule is CCn1nnc2cc(C(=O)OCC(=O)NCC(C)C)ccc21. The first-order valence-corrected chi connectivity index (χ1v) is 7.28. The Balaban J connectivity index is 1.96. The minimum Gasteiger partial charge on any atom is -0.452 e. The van der Waals surface area contributed by atoms with Gasteiger partial charge in [0.05, 0.1) is 11.1 Å². The molecule has 22 heavy (non-hydrogen) atoms. The molecule has 0 spiro atoms. The largest absolute Gasteiger partial charge is 0.452 e. The van der Waals surface area contributed by atoms with Crippen LogP contribution in [0.25, 0.3) is 11.0 Å². The van der Waals surface area contributed by atoms with Crippen LogP contribution in [0.15, 0.2) is 18.2 Å². The highest BCUT2D eigenvalue weighted by Crippen LogP contribution is 2.14. The van der Waals surface area contributed by atoms with E-state index in [1.54, 1.807) is 22.9 Å². The number of ether oxygens (including phenoxy) is 1. The number of amides is 1. The first-order chi connectivity index (χ1) is 10.5. The number of carbonyl (C=O) groups is 2. The number of hydrogen-bond donors (Lipinski definition) is 1. The normalized spacial score (nSPS) is 10.9. The Hall–Kier alpha value is -2.44. The van der Waals surface area contributed by atoms with Gasteiger partial charge >= 0.3 is 5.97 Å². The molecule has 0 fully saturated rings. The van der Waals surface area contributed by atoms with Crippen molar-refractivity contribution >= 4 is 22.9 Å². The molecule has 1 aromatic carbocycles. The lowest BCUT2D eigenvalue weighted by Crippen LogP contribution is -2.31. The summed E-state index contributed by atoms with van der Waals surface area (Å²) in [4.78, 5) is 23.5. The van der Waals surface area contributed by atoms with Gasteiger partial charge in [0.15, 0.2) is 6.61 Å². The van der Waals surface area contributed by atoms with E-state index in [1.807, 2.05) is 20.8 Å². The molecule has 118 valence electrons. The molecule has 2 rings (SSSR count). The minimum absolute atomic E-state index is 0.286. The number of aromatic nitrogens is 3. The third kappa shape index (κ3) is 3.81. The molecular formula is C15H20N4O3. The van der Waals surface area contributed by atoms with Gasteiger partial charge in [0.2, 0.25) is 0 Å². The van der Waals surface area contributed by atoms with Crippen LogP contribution in [-0.2, 0) is 16.1 Å². The Morgan fingerprint density at radius 1 is 1.36 bits per heavy atom. The number of nitrogens with one attached hydrogen (secondary N) is 1. The molecule has 1 heterocycles. The lowest BCUT2D eigenvalue weighted by atomic mass is 10.2. The summed E-state index contributed by atoms with van der Waals surface area (Å²) in [5, 5.41) is 10.7. The van der Waals surface area contributed by atoms with Crippen LogP contribution in [-0.4, -0.2) is 40.0 Å². The number of fused-ring (bicyclic) bond motifs is 1. The predicted octanol–water partition coefficient (Wildman–Crippen LogP) is 1.38. The molecule has 0 aliphatic carbocycles. The maximum Gasteiger partial charge on any atom is 0.338 e. The van der Waals surface area contributed by atoms with Crippen LogP contribution in [0.3, 0.4) is 0 Å². The summed E-state index contributed by atoms with van der Waals surface area (Å²) in [6, 6.07) is 5.03. The van der Waals surface area contributed by atoms with Gasteiger partial charge in [-0.1, -0.05) is 19.1 Å². The topological polar surface area (TPSA) is 86.1 Å². The number of rotatable bonds is 6. The maximum atomic E-state index is 12.0. The predicted molar refractivity (Wildman–Crippen MR) is 81.3 cm³/mol. The molecule has 0 atom stereocenters. The quantitative estimate of drug-likeness (QED) is 0.815. The van der Waals surface area contributed by atoms with Gasteiger partial charge < -0.3 is 10.1 Å². The fourth-order valence-electron chi connectivity index (χ4n) is 1.92. The van der Waals surface area contributed by atoms with Gasteiger partial charge in [0.1, 0.15) is 5.52 Å². The lowest BCUT2D eigenvalue weighted by Gasteiger charge is -2.08. The summed E-state index contributed by atoms with van der Waals surface area (Å²) in [5.41, 5.74) is 1.83. The number of nitrogens with zero attached hydrogens (tertiary/aromatic N) is 3. The molecule has 2 aromatic rings. The second kappa shape index (κ2) is 7.02. The Morgan fingerprint density at radius 2 is 2.14 bits per heavy atom. The lowest BCUT2D eigenvalue weighted by molar-refractivity contribution is -0.124. The highest BCUT2D eigenvalue weighted by molar-refractivity contribution is 5.94. The van der Waals surface area contributed by atoms with Crippen LogP contribution >= 0.6 is 0 Å². The van der Waals surface area contributed by atoms with Crippen molar-refractivity contribution in [2.45, 2.75) is 27.3 Å². The fourth-order valence-corrected chi connectivity index (χ4v) is 1.92. The third-order valence-corrected chi connectivity index (χ3v) is 3.09. The Morgan fingerprint density at radius 3 is 2.82 bits per heavy atom.